The molecule has 0 amide bonds. The van der Waals surface area contributed by atoms with Crippen molar-refractivity contribution in [1.29, 1.82) is 0 Å². The molecule has 1 N–H and O–H groups in total. The summed E-state index contributed by atoms with van der Waals surface area (Å²) in [6.07, 6.45) is 0.0723. The van der Waals surface area contributed by atoms with Crippen molar-refractivity contribution in [2.24, 2.45) is 0 Å². The second-order valence-corrected chi connectivity index (χ2v) is 4.83. The first-order valence-corrected chi connectivity index (χ1v) is 6.61. The number of hydrogen-bond acceptors (Lipinski definition) is 2. The van der Waals surface area contributed by atoms with E-state index in [4.69, 9.17) is 4.74 Å². The fourth-order valence-electron chi connectivity index (χ4n) is 1.95. The minimum atomic E-state index is 0.0723. The Morgan fingerprint density at radius 2 is 1.79 bits per heavy atom. The fraction of sp³-hybridized carbons (Fsp3) is 0.294. The van der Waals surface area contributed by atoms with Crippen LogP contribution in [0.5, 0.6) is 0 Å². The maximum atomic E-state index is 5.19. The summed E-state index contributed by atoms with van der Waals surface area (Å²) < 4.78 is 5.19. The first-order chi connectivity index (χ1) is 9.19. The summed E-state index contributed by atoms with van der Waals surface area (Å²) in [5.74, 6) is 0. The van der Waals surface area contributed by atoms with Crippen LogP contribution in [-0.4, -0.2) is 13.3 Å². The van der Waals surface area contributed by atoms with Crippen LogP contribution >= 0.6 is 0 Å². The van der Waals surface area contributed by atoms with Crippen molar-refractivity contribution in [3.05, 3.63) is 59.7 Å². The van der Waals surface area contributed by atoms with Gasteiger partial charge in [-0.1, -0.05) is 48.0 Å². The third kappa shape index (κ3) is 3.91. The maximum absolute atomic E-state index is 5.19. The van der Waals surface area contributed by atoms with E-state index in [2.05, 4.69) is 60.8 Å². The lowest BCUT2D eigenvalue weighted by Gasteiger charge is -2.12. The lowest BCUT2D eigenvalue weighted by Crippen LogP contribution is -2.26. The predicted molar refractivity (Wildman–Crippen MR) is 79.9 cm³/mol. The second-order valence-electron chi connectivity index (χ2n) is 4.83. The van der Waals surface area contributed by atoms with E-state index < -0.39 is 0 Å². The SMILES string of the molecule is COC(C)NCc1cccc(-c2ccc(C)cc2)c1. The number of nitrogens with one attached hydrogen (secondary N) is 1. The van der Waals surface area contributed by atoms with Crippen LogP contribution in [0.3, 0.4) is 0 Å². The van der Waals surface area contributed by atoms with Crippen molar-refractivity contribution < 1.29 is 4.74 Å². The third-order valence-corrected chi connectivity index (χ3v) is 3.26. The number of rotatable bonds is 5. The first-order valence-electron chi connectivity index (χ1n) is 6.61. The molecule has 0 aliphatic heterocycles. The largest absolute Gasteiger partial charge is 0.367 e. The molecule has 0 aliphatic carbocycles. The van der Waals surface area contributed by atoms with Gasteiger partial charge in [-0.05, 0) is 36.6 Å². The van der Waals surface area contributed by atoms with Crippen LogP contribution in [-0.2, 0) is 11.3 Å². The Balaban J connectivity index is 2.12. The van der Waals surface area contributed by atoms with Gasteiger partial charge >= 0.3 is 0 Å². The lowest BCUT2D eigenvalue weighted by molar-refractivity contribution is 0.0879. The van der Waals surface area contributed by atoms with Gasteiger partial charge in [-0.3, -0.25) is 5.32 Å². The van der Waals surface area contributed by atoms with Crippen molar-refractivity contribution in [2.75, 3.05) is 7.11 Å². The third-order valence-electron chi connectivity index (χ3n) is 3.26. The zero-order chi connectivity index (χ0) is 13.7. The second kappa shape index (κ2) is 6.50. The molecule has 0 bridgehead atoms. The Morgan fingerprint density at radius 1 is 1.05 bits per heavy atom. The van der Waals surface area contributed by atoms with Crippen LogP contribution in [0.25, 0.3) is 11.1 Å². The molecule has 0 spiro atoms. The van der Waals surface area contributed by atoms with Gasteiger partial charge in [0.2, 0.25) is 0 Å². The molecule has 1 atom stereocenters. The maximum Gasteiger partial charge on any atom is 0.105 e. The molecule has 0 saturated heterocycles. The van der Waals surface area contributed by atoms with Gasteiger partial charge in [0.25, 0.3) is 0 Å². The van der Waals surface area contributed by atoms with Gasteiger partial charge in [0.05, 0.1) is 0 Å². The van der Waals surface area contributed by atoms with E-state index in [0.717, 1.165) is 6.54 Å². The molecule has 0 aromatic heterocycles. The topological polar surface area (TPSA) is 21.3 Å². The smallest absolute Gasteiger partial charge is 0.105 e. The minimum absolute atomic E-state index is 0.0723. The summed E-state index contributed by atoms with van der Waals surface area (Å²) in [4.78, 5) is 0. The molecule has 2 aromatic carbocycles. The monoisotopic (exact) mass is 255 g/mol. The number of aryl methyl sites for hydroxylation is 1. The van der Waals surface area contributed by atoms with E-state index >= 15 is 0 Å². The van der Waals surface area contributed by atoms with E-state index in [0.29, 0.717) is 0 Å². The number of benzene rings is 2. The average Bonchev–Trinajstić information content (AvgIpc) is 2.46. The van der Waals surface area contributed by atoms with Crippen LogP contribution in [0, 0.1) is 6.92 Å². The molecule has 19 heavy (non-hydrogen) atoms. The van der Waals surface area contributed by atoms with Gasteiger partial charge in [0.1, 0.15) is 6.23 Å². The fourth-order valence-corrected chi connectivity index (χ4v) is 1.95. The van der Waals surface area contributed by atoms with Gasteiger partial charge in [-0.2, -0.15) is 0 Å². The van der Waals surface area contributed by atoms with Crippen molar-refractivity contribution >= 4 is 0 Å². The van der Waals surface area contributed by atoms with Crippen LogP contribution in [0.1, 0.15) is 18.1 Å². The standard InChI is InChI=1S/C17H21NO/c1-13-7-9-16(10-8-13)17-6-4-5-15(11-17)12-18-14(2)19-3/h4-11,14,18H,12H2,1-3H3. The van der Waals surface area contributed by atoms with Gasteiger partial charge in [-0.15, -0.1) is 0 Å². The summed E-state index contributed by atoms with van der Waals surface area (Å²) >= 11 is 0. The summed E-state index contributed by atoms with van der Waals surface area (Å²) in [5.41, 5.74) is 5.06. The zero-order valence-electron chi connectivity index (χ0n) is 11.8. The van der Waals surface area contributed by atoms with Crippen molar-refractivity contribution in [3.8, 4) is 11.1 Å². The van der Waals surface area contributed by atoms with E-state index in [1.54, 1.807) is 7.11 Å². The molecule has 100 valence electrons. The summed E-state index contributed by atoms with van der Waals surface area (Å²) in [5, 5.41) is 3.31. The summed E-state index contributed by atoms with van der Waals surface area (Å²) in [7, 11) is 1.71. The Hall–Kier alpha value is -1.64. The highest BCUT2D eigenvalue weighted by atomic mass is 16.5. The van der Waals surface area contributed by atoms with Crippen LogP contribution in [0.15, 0.2) is 48.5 Å². The molecule has 2 heteroatoms. The Morgan fingerprint density at radius 3 is 2.47 bits per heavy atom. The number of hydrogen-bond donors (Lipinski definition) is 1. The van der Waals surface area contributed by atoms with Crippen molar-refractivity contribution in [2.45, 2.75) is 26.6 Å². The number of ether oxygens (including phenoxy) is 1. The van der Waals surface area contributed by atoms with Crippen molar-refractivity contribution in [1.82, 2.24) is 5.32 Å². The molecule has 0 fully saturated rings. The van der Waals surface area contributed by atoms with Crippen LogP contribution in [0.4, 0.5) is 0 Å². The molecule has 2 rings (SSSR count). The van der Waals surface area contributed by atoms with Gasteiger partial charge < -0.3 is 4.74 Å². The highest BCUT2D eigenvalue weighted by Gasteiger charge is 2.01. The summed E-state index contributed by atoms with van der Waals surface area (Å²) in [6.45, 7) is 4.93. The first kappa shape index (κ1) is 13.8. The van der Waals surface area contributed by atoms with Gasteiger partial charge in [-0.25, -0.2) is 0 Å². The Bertz CT molecular complexity index is 519. The van der Waals surface area contributed by atoms with Crippen LogP contribution in [0.2, 0.25) is 0 Å². The van der Waals surface area contributed by atoms with E-state index in [1.165, 1.54) is 22.3 Å². The lowest BCUT2D eigenvalue weighted by atomic mass is 10.0. The molecule has 1 unspecified atom stereocenters. The molecule has 2 nitrogen and oxygen atoms in total. The molecule has 0 saturated carbocycles. The van der Waals surface area contributed by atoms with E-state index in [-0.39, 0.29) is 6.23 Å². The number of methoxy groups -OCH3 is 1. The van der Waals surface area contributed by atoms with E-state index in [1.807, 2.05) is 6.92 Å². The Labute approximate surface area is 115 Å². The van der Waals surface area contributed by atoms with Gasteiger partial charge in [0.15, 0.2) is 0 Å². The quantitative estimate of drug-likeness (QED) is 0.822. The highest BCUT2D eigenvalue weighted by Crippen LogP contribution is 2.20. The minimum Gasteiger partial charge on any atom is -0.367 e. The molecule has 0 heterocycles. The molecule has 0 radical (unpaired) electrons. The normalized spacial score (nSPS) is 12.4. The molecular weight excluding hydrogens is 234 g/mol. The summed E-state index contributed by atoms with van der Waals surface area (Å²) in [6, 6.07) is 17.2. The molecule has 0 aliphatic rings. The van der Waals surface area contributed by atoms with E-state index in [9.17, 15) is 0 Å². The average molecular weight is 255 g/mol. The molecule has 2 aromatic rings. The highest BCUT2D eigenvalue weighted by molar-refractivity contribution is 5.64. The predicted octanol–water partition coefficient (Wildman–Crippen LogP) is 3.74. The Kier molecular flexibility index (Phi) is 4.72. The van der Waals surface area contributed by atoms with Crippen LogP contribution < -0.4 is 5.32 Å². The van der Waals surface area contributed by atoms with Gasteiger partial charge in [0, 0.05) is 13.7 Å². The zero-order valence-corrected chi connectivity index (χ0v) is 11.8. The molecular formula is C17H21NO. The van der Waals surface area contributed by atoms with Crippen molar-refractivity contribution in [3.63, 3.8) is 0 Å².